The van der Waals surface area contributed by atoms with Gasteiger partial charge in [-0.15, -0.1) is 0 Å². The number of ether oxygens (including phenoxy) is 1. The summed E-state index contributed by atoms with van der Waals surface area (Å²) >= 11 is 0. The predicted octanol–water partition coefficient (Wildman–Crippen LogP) is 2.44. The lowest BCUT2D eigenvalue weighted by molar-refractivity contribution is -0.137. The molecule has 1 aliphatic carbocycles. The van der Waals surface area contributed by atoms with Crippen LogP contribution in [0, 0.1) is 0 Å². The molecule has 1 aliphatic rings. The van der Waals surface area contributed by atoms with Gasteiger partial charge in [-0.05, 0) is 37.0 Å². The van der Waals surface area contributed by atoms with E-state index in [0.29, 0.717) is 25.4 Å². The summed E-state index contributed by atoms with van der Waals surface area (Å²) in [6.07, 6.45) is 2.84. The molecule has 0 radical (unpaired) electrons. The van der Waals surface area contributed by atoms with Crippen LogP contribution < -0.4 is 4.74 Å². The number of hydrogen-bond acceptors (Lipinski definition) is 3. The monoisotopic (exact) mass is 291 g/mol. The summed E-state index contributed by atoms with van der Waals surface area (Å²) in [4.78, 5) is 24.6. The molecule has 5 nitrogen and oxygen atoms in total. The Balaban J connectivity index is 1.91. The van der Waals surface area contributed by atoms with Crippen LogP contribution in [0.3, 0.4) is 0 Å². The summed E-state index contributed by atoms with van der Waals surface area (Å²) in [5, 5.41) is 8.63. The van der Waals surface area contributed by atoms with E-state index in [0.717, 1.165) is 24.2 Å². The molecular weight excluding hydrogens is 270 g/mol. The fraction of sp³-hybridized carbons (Fsp3) is 0.500. The Labute approximate surface area is 124 Å². The lowest BCUT2D eigenvalue weighted by atomic mass is 10.1. The average molecular weight is 291 g/mol. The van der Waals surface area contributed by atoms with Gasteiger partial charge >= 0.3 is 5.97 Å². The van der Waals surface area contributed by atoms with Crippen LogP contribution in [-0.2, 0) is 16.1 Å². The summed E-state index contributed by atoms with van der Waals surface area (Å²) in [5.41, 5.74) is 1.06. The number of benzene rings is 1. The molecule has 2 rings (SSSR count). The third-order valence-corrected chi connectivity index (χ3v) is 3.60. The maximum absolute atomic E-state index is 12.2. The number of hydrogen-bond donors (Lipinski definition) is 1. The van der Waals surface area contributed by atoms with Gasteiger partial charge in [0.2, 0.25) is 5.91 Å². The highest BCUT2D eigenvalue weighted by Crippen LogP contribution is 2.29. The second-order valence-electron chi connectivity index (χ2n) is 5.35. The van der Waals surface area contributed by atoms with Crippen molar-refractivity contribution in [3.8, 4) is 5.75 Å². The summed E-state index contributed by atoms with van der Waals surface area (Å²) in [6.45, 7) is 0.584. The number of rotatable bonds is 8. The van der Waals surface area contributed by atoms with Crippen molar-refractivity contribution in [2.75, 3.05) is 7.11 Å². The summed E-state index contributed by atoms with van der Waals surface area (Å²) < 4.78 is 5.12. The van der Waals surface area contributed by atoms with Gasteiger partial charge < -0.3 is 14.7 Å². The quantitative estimate of drug-likeness (QED) is 0.799. The first kappa shape index (κ1) is 15.4. The SMILES string of the molecule is COc1ccc(CN(C(=O)CCCC(=O)O)C2CC2)cc1. The van der Waals surface area contributed by atoms with Crippen molar-refractivity contribution in [1.82, 2.24) is 4.90 Å². The van der Waals surface area contributed by atoms with Crippen molar-refractivity contribution in [2.45, 2.75) is 44.7 Å². The van der Waals surface area contributed by atoms with Crippen molar-refractivity contribution in [3.63, 3.8) is 0 Å². The van der Waals surface area contributed by atoms with Crippen molar-refractivity contribution < 1.29 is 19.4 Å². The minimum Gasteiger partial charge on any atom is -0.497 e. The first-order chi connectivity index (χ1) is 10.1. The molecule has 0 aromatic heterocycles. The van der Waals surface area contributed by atoms with E-state index in [-0.39, 0.29) is 12.3 Å². The Morgan fingerprint density at radius 2 is 1.90 bits per heavy atom. The third-order valence-electron chi connectivity index (χ3n) is 3.60. The van der Waals surface area contributed by atoms with Crippen LogP contribution in [0.4, 0.5) is 0 Å². The third kappa shape index (κ3) is 4.77. The molecule has 114 valence electrons. The molecule has 1 saturated carbocycles. The van der Waals surface area contributed by atoms with Gasteiger partial charge in [0.05, 0.1) is 7.11 Å². The van der Waals surface area contributed by atoms with E-state index >= 15 is 0 Å². The fourth-order valence-electron chi connectivity index (χ4n) is 2.27. The molecular formula is C16H21NO4. The topological polar surface area (TPSA) is 66.8 Å². The van der Waals surface area contributed by atoms with Crippen molar-refractivity contribution in [2.24, 2.45) is 0 Å². The normalized spacial score (nSPS) is 13.8. The van der Waals surface area contributed by atoms with Crippen LogP contribution in [0.2, 0.25) is 0 Å². The molecule has 1 amide bonds. The Bertz CT molecular complexity index is 494. The predicted molar refractivity (Wildman–Crippen MR) is 78.1 cm³/mol. The molecule has 5 heteroatoms. The highest BCUT2D eigenvalue weighted by atomic mass is 16.5. The molecule has 0 bridgehead atoms. The van der Waals surface area contributed by atoms with Crippen molar-refractivity contribution in [1.29, 1.82) is 0 Å². The lowest BCUT2D eigenvalue weighted by Crippen LogP contribution is -2.32. The van der Waals surface area contributed by atoms with Gasteiger partial charge in [-0.2, -0.15) is 0 Å². The van der Waals surface area contributed by atoms with E-state index in [2.05, 4.69) is 0 Å². The number of carboxylic acid groups (broad SMARTS) is 1. The largest absolute Gasteiger partial charge is 0.497 e. The number of carbonyl (C=O) groups excluding carboxylic acids is 1. The Hall–Kier alpha value is -2.04. The van der Waals surface area contributed by atoms with Crippen LogP contribution in [0.15, 0.2) is 24.3 Å². The number of nitrogens with zero attached hydrogens (tertiary/aromatic N) is 1. The number of carbonyl (C=O) groups is 2. The van der Waals surface area contributed by atoms with E-state index in [1.807, 2.05) is 29.2 Å². The van der Waals surface area contributed by atoms with Crippen molar-refractivity contribution in [3.05, 3.63) is 29.8 Å². The van der Waals surface area contributed by atoms with Gasteiger partial charge in [0.15, 0.2) is 0 Å². The van der Waals surface area contributed by atoms with E-state index in [9.17, 15) is 9.59 Å². The molecule has 1 N–H and O–H groups in total. The highest BCUT2D eigenvalue weighted by Gasteiger charge is 2.32. The maximum Gasteiger partial charge on any atom is 0.303 e. The highest BCUT2D eigenvalue weighted by molar-refractivity contribution is 5.77. The van der Waals surface area contributed by atoms with Crippen LogP contribution in [0.25, 0.3) is 0 Å². The van der Waals surface area contributed by atoms with Crippen molar-refractivity contribution >= 4 is 11.9 Å². The first-order valence-corrected chi connectivity index (χ1v) is 7.24. The molecule has 1 fully saturated rings. The summed E-state index contributed by atoms with van der Waals surface area (Å²) in [5.74, 6) is -0.00463. The number of methoxy groups -OCH3 is 1. The zero-order valence-electron chi connectivity index (χ0n) is 12.2. The Morgan fingerprint density at radius 1 is 1.24 bits per heavy atom. The van der Waals surface area contributed by atoms with Gasteiger partial charge in [0.1, 0.15) is 5.75 Å². The van der Waals surface area contributed by atoms with Crippen LogP contribution in [-0.4, -0.2) is 35.0 Å². The van der Waals surface area contributed by atoms with E-state index in [1.54, 1.807) is 7.11 Å². The average Bonchev–Trinajstić information content (AvgIpc) is 3.29. The van der Waals surface area contributed by atoms with Gasteiger partial charge in [-0.3, -0.25) is 9.59 Å². The summed E-state index contributed by atoms with van der Waals surface area (Å²) in [7, 11) is 1.62. The lowest BCUT2D eigenvalue weighted by Gasteiger charge is -2.22. The smallest absolute Gasteiger partial charge is 0.303 e. The minimum absolute atomic E-state index is 0.0484. The van der Waals surface area contributed by atoms with Crippen LogP contribution in [0.1, 0.15) is 37.7 Å². The van der Waals surface area contributed by atoms with Gasteiger partial charge in [-0.1, -0.05) is 12.1 Å². The Morgan fingerprint density at radius 3 is 2.43 bits per heavy atom. The van der Waals surface area contributed by atoms with Gasteiger partial charge in [0, 0.05) is 25.4 Å². The van der Waals surface area contributed by atoms with Gasteiger partial charge in [-0.25, -0.2) is 0 Å². The van der Waals surface area contributed by atoms with E-state index in [4.69, 9.17) is 9.84 Å². The van der Waals surface area contributed by atoms with E-state index in [1.165, 1.54) is 0 Å². The Kier molecular flexibility index (Phi) is 5.20. The zero-order valence-corrected chi connectivity index (χ0v) is 12.2. The first-order valence-electron chi connectivity index (χ1n) is 7.24. The molecule has 0 unspecified atom stereocenters. The van der Waals surface area contributed by atoms with Gasteiger partial charge in [0.25, 0.3) is 0 Å². The zero-order chi connectivity index (χ0) is 15.2. The standard InChI is InChI=1S/C16H21NO4/c1-21-14-9-5-12(6-10-14)11-17(13-7-8-13)15(18)3-2-4-16(19)20/h5-6,9-10,13H,2-4,7-8,11H2,1H3,(H,19,20). The molecule has 0 heterocycles. The maximum atomic E-state index is 12.2. The molecule has 1 aromatic carbocycles. The minimum atomic E-state index is -0.851. The summed E-state index contributed by atoms with van der Waals surface area (Å²) in [6, 6.07) is 8.01. The number of carboxylic acids is 1. The fourth-order valence-corrected chi connectivity index (χ4v) is 2.27. The number of aliphatic carboxylic acids is 1. The second kappa shape index (κ2) is 7.11. The molecule has 0 atom stereocenters. The molecule has 1 aromatic rings. The van der Waals surface area contributed by atoms with Crippen LogP contribution in [0.5, 0.6) is 5.75 Å². The molecule has 0 aliphatic heterocycles. The number of amides is 1. The molecule has 0 spiro atoms. The molecule has 0 saturated heterocycles. The molecule has 21 heavy (non-hydrogen) atoms. The van der Waals surface area contributed by atoms with Crippen LogP contribution >= 0.6 is 0 Å². The second-order valence-corrected chi connectivity index (χ2v) is 5.35. The van der Waals surface area contributed by atoms with E-state index < -0.39 is 5.97 Å².